The summed E-state index contributed by atoms with van der Waals surface area (Å²) in [6.45, 7) is 3.58. The number of benzene rings is 3. The van der Waals surface area contributed by atoms with Crippen LogP contribution in [0.4, 0.5) is 0 Å². The summed E-state index contributed by atoms with van der Waals surface area (Å²) in [6, 6.07) is 27.0. The lowest BCUT2D eigenvalue weighted by Crippen LogP contribution is -2.69. The highest BCUT2D eigenvalue weighted by molar-refractivity contribution is 6.30. The van der Waals surface area contributed by atoms with Crippen LogP contribution in [-0.2, 0) is 14.3 Å². The van der Waals surface area contributed by atoms with Crippen LogP contribution in [0.2, 0.25) is 5.02 Å². The minimum Gasteiger partial charge on any atom is -0.481 e. The average Bonchev–Trinajstić information content (AvgIpc) is 2.96. The van der Waals surface area contributed by atoms with Crippen molar-refractivity contribution in [3.8, 4) is 6.07 Å². The number of halogens is 1. The molecule has 3 N–H and O–H groups in total. The van der Waals surface area contributed by atoms with Gasteiger partial charge < -0.3 is 20.3 Å². The first-order chi connectivity index (χ1) is 19.7. The Balaban J connectivity index is 1.82. The van der Waals surface area contributed by atoms with Gasteiger partial charge in [-0.05, 0) is 55.5 Å². The number of nitriles is 1. The Morgan fingerprint density at radius 2 is 1.44 bits per heavy atom. The van der Waals surface area contributed by atoms with E-state index in [1.54, 1.807) is 38.1 Å². The van der Waals surface area contributed by atoms with E-state index in [4.69, 9.17) is 16.3 Å². The predicted octanol–water partition coefficient (Wildman–Crippen LogP) is 6.45. The minimum atomic E-state index is -1.59. The van der Waals surface area contributed by atoms with E-state index >= 15 is 0 Å². The second kappa shape index (κ2) is 12.9. The van der Waals surface area contributed by atoms with Gasteiger partial charge in [-0.15, -0.1) is 0 Å². The van der Waals surface area contributed by atoms with Crippen molar-refractivity contribution in [3.63, 3.8) is 0 Å². The van der Waals surface area contributed by atoms with Gasteiger partial charge in [-0.3, -0.25) is 9.59 Å². The first-order valence-electron chi connectivity index (χ1n) is 13.7. The molecule has 8 heteroatoms. The number of carboxylic acid groups (broad SMARTS) is 2. The molecule has 5 unspecified atom stereocenters. The Hall–Kier alpha value is -3.70. The molecule has 5 atom stereocenters. The molecule has 4 rings (SSSR count). The van der Waals surface area contributed by atoms with Crippen molar-refractivity contribution in [2.45, 2.75) is 57.2 Å². The van der Waals surface area contributed by atoms with Crippen LogP contribution < -0.4 is 5.32 Å². The molecule has 1 fully saturated rings. The summed E-state index contributed by atoms with van der Waals surface area (Å²) in [7, 11) is 0. The number of rotatable bonds is 11. The maximum Gasteiger partial charge on any atom is 0.311 e. The number of piperidine rings is 1. The molecular weight excluding hydrogens is 540 g/mol. The zero-order chi connectivity index (χ0) is 29.6. The van der Waals surface area contributed by atoms with Crippen LogP contribution in [0.3, 0.4) is 0 Å². The monoisotopic (exact) mass is 574 g/mol. The molecule has 0 spiro atoms. The predicted molar refractivity (Wildman–Crippen MR) is 157 cm³/mol. The number of hydrogen-bond donors (Lipinski definition) is 3. The summed E-state index contributed by atoms with van der Waals surface area (Å²) in [5.41, 5.74) is -0.825. The average molecular weight is 575 g/mol. The van der Waals surface area contributed by atoms with E-state index < -0.39 is 46.9 Å². The van der Waals surface area contributed by atoms with Crippen molar-refractivity contribution in [1.29, 1.82) is 5.26 Å². The molecule has 0 radical (unpaired) electrons. The van der Waals surface area contributed by atoms with E-state index in [9.17, 15) is 25.1 Å². The molecule has 1 aliphatic rings. The highest BCUT2D eigenvalue weighted by atomic mass is 35.5. The maximum atomic E-state index is 13.5. The van der Waals surface area contributed by atoms with Crippen molar-refractivity contribution in [1.82, 2.24) is 5.32 Å². The van der Waals surface area contributed by atoms with Gasteiger partial charge in [-0.1, -0.05) is 84.4 Å². The Bertz CT molecular complexity index is 1360. The fourth-order valence-electron chi connectivity index (χ4n) is 6.71. The van der Waals surface area contributed by atoms with E-state index in [0.717, 1.165) is 11.1 Å². The van der Waals surface area contributed by atoms with Crippen LogP contribution >= 0.6 is 11.6 Å². The molecule has 0 bridgehead atoms. The largest absolute Gasteiger partial charge is 0.481 e. The number of nitrogens with one attached hydrogen (secondary N) is 1. The summed E-state index contributed by atoms with van der Waals surface area (Å²) in [6.07, 6.45) is -0.483. The third kappa shape index (κ3) is 5.73. The lowest BCUT2D eigenvalue weighted by Gasteiger charge is -2.57. The molecule has 0 aromatic heterocycles. The first kappa shape index (κ1) is 30.3. The van der Waals surface area contributed by atoms with Crippen LogP contribution in [0.5, 0.6) is 0 Å². The molecule has 41 heavy (non-hydrogen) atoms. The lowest BCUT2D eigenvalue weighted by molar-refractivity contribution is -0.175. The molecule has 0 aliphatic carbocycles. The first-order valence-corrected chi connectivity index (χ1v) is 14.1. The normalized spacial score (nSPS) is 25.9. The van der Waals surface area contributed by atoms with Crippen molar-refractivity contribution in [3.05, 3.63) is 107 Å². The summed E-state index contributed by atoms with van der Waals surface area (Å²) < 4.78 is 6.47. The molecule has 214 valence electrons. The van der Waals surface area contributed by atoms with E-state index in [-0.39, 0.29) is 25.9 Å². The molecule has 0 amide bonds. The molecule has 3 aromatic rings. The zero-order valence-electron chi connectivity index (χ0n) is 23.2. The van der Waals surface area contributed by atoms with Gasteiger partial charge in [0.15, 0.2) is 0 Å². The van der Waals surface area contributed by atoms with Crippen LogP contribution in [0.15, 0.2) is 84.9 Å². The second-order valence-electron chi connectivity index (χ2n) is 10.8. The second-order valence-corrected chi connectivity index (χ2v) is 11.2. The maximum absolute atomic E-state index is 13.5. The Morgan fingerprint density at radius 3 is 1.93 bits per heavy atom. The van der Waals surface area contributed by atoms with E-state index in [1.165, 1.54) is 0 Å². The van der Waals surface area contributed by atoms with Crippen LogP contribution in [0.1, 0.15) is 61.8 Å². The zero-order valence-corrected chi connectivity index (χ0v) is 23.9. The summed E-state index contributed by atoms with van der Waals surface area (Å²) in [5, 5.41) is 34.9. The molecule has 7 nitrogen and oxygen atoms in total. The van der Waals surface area contributed by atoms with Gasteiger partial charge in [0.2, 0.25) is 0 Å². The topological polar surface area (TPSA) is 120 Å². The quantitative estimate of drug-likeness (QED) is 0.241. The van der Waals surface area contributed by atoms with E-state index in [0.29, 0.717) is 10.6 Å². The van der Waals surface area contributed by atoms with Crippen LogP contribution in [0.25, 0.3) is 0 Å². The molecular formula is C33H35ClN2O5. The lowest BCUT2D eigenvalue weighted by atomic mass is 9.49. The smallest absolute Gasteiger partial charge is 0.311 e. The number of aliphatic carboxylic acids is 2. The Morgan fingerprint density at radius 1 is 0.902 bits per heavy atom. The fourth-order valence-corrected chi connectivity index (χ4v) is 6.91. The molecule has 3 aromatic carbocycles. The van der Waals surface area contributed by atoms with Crippen LogP contribution in [-0.4, -0.2) is 40.8 Å². The van der Waals surface area contributed by atoms with Crippen LogP contribution in [0, 0.1) is 22.2 Å². The summed E-state index contributed by atoms with van der Waals surface area (Å²) >= 11 is 6.38. The molecule has 1 aliphatic heterocycles. The molecule has 1 heterocycles. The van der Waals surface area contributed by atoms with Gasteiger partial charge in [0.1, 0.15) is 6.10 Å². The summed E-state index contributed by atoms with van der Waals surface area (Å²) in [4.78, 5) is 26.7. The van der Waals surface area contributed by atoms with Gasteiger partial charge in [-0.25, -0.2) is 0 Å². The van der Waals surface area contributed by atoms with E-state index in [1.807, 2.05) is 60.7 Å². The third-order valence-electron chi connectivity index (χ3n) is 8.71. The van der Waals surface area contributed by atoms with Crippen molar-refractivity contribution >= 4 is 23.5 Å². The number of ether oxygens (including phenoxy) is 1. The fraction of sp³-hybridized carbons (Fsp3) is 0.364. The van der Waals surface area contributed by atoms with Crippen molar-refractivity contribution in [2.24, 2.45) is 10.8 Å². The number of nitrogens with zero attached hydrogens (tertiary/aromatic N) is 1. The van der Waals surface area contributed by atoms with Crippen molar-refractivity contribution in [2.75, 3.05) is 6.61 Å². The highest BCUT2D eigenvalue weighted by Gasteiger charge is 2.66. The van der Waals surface area contributed by atoms with Gasteiger partial charge in [0, 0.05) is 36.1 Å². The minimum absolute atomic E-state index is 0.0244. The number of carboxylic acids is 2. The molecule has 1 saturated heterocycles. The highest BCUT2D eigenvalue weighted by Crippen LogP contribution is 2.59. The molecule has 0 saturated carbocycles. The van der Waals surface area contributed by atoms with Gasteiger partial charge in [-0.2, -0.15) is 5.26 Å². The standard InChI is InChI=1S/C33H35ClN2O5/c1-22-32(30(37)38,17-10-19-35)29(26-15-9-16-27(34)21-26)33(31(39)40,23(2)36-22)18-20-41-28(24-11-5-3-6-12-24)25-13-7-4-8-14-25/h3-9,11-16,21-23,28-29,36H,10,17-18,20H2,1-2H3,(H,37,38)(H,39,40). The van der Waals surface area contributed by atoms with E-state index in [2.05, 4.69) is 11.4 Å². The Labute approximate surface area is 245 Å². The van der Waals surface area contributed by atoms with Gasteiger partial charge >= 0.3 is 11.9 Å². The summed E-state index contributed by atoms with van der Waals surface area (Å²) in [5.74, 6) is -3.28. The number of carbonyl (C=O) groups is 2. The third-order valence-corrected chi connectivity index (χ3v) is 8.94. The van der Waals surface area contributed by atoms with Gasteiger partial charge in [0.05, 0.1) is 16.9 Å². The Kier molecular flexibility index (Phi) is 9.49. The van der Waals surface area contributed by atoms with Gasteiger partial charge in [0.25, 0.3) is 0 Å². The number of hydrogen-bond acceptors (Lipinski definition) is 5. The van der Waals surface area contributed by atoms with Crippen molar-refractivity contribution < 1.29 is 24.5 Å². The SMILES string of the molecule is CC1NC(C)C(CCOC(c2ccccc2)c2ccccc2)(C(=O)O)C(c2cccc(Cl)c2)C1(CCC#N)C(=O)O.